The number of rotatable bonds is 4. The zero-order chi connectivity index (χ0) is 19.2. The van der Waals surface area contributed by atoms with Crippen molar-refractivity contribution in [1.82, 2.24) is 20.4 Å². The van der Waals surface area contributed by atoms with Crippen molar-refractivity contribution in [3.63, 3.8) is 0 Å². The van der Waals surface area contributed by atoms with Crippen LogP contribution in [-0.2, 0) is 9.59 Å². The second-order valence-corrected chi connectivity index (χ2v) is 8.67. The number of carbonyl (C=O) groups excluding carboxylic acids is 3. The minimum atomic E-state index is -0.101. The number of nitrogens with zero attached hydrogens (tertiary/aromatic N) is 2. The third-order valence-electron chi connectivity index (χ3n) is 4.98. The van der Waals surface area contributed by atoms with E-state index in [2.05, 4.69) is 10.6 Å². The molecule has 1 heterocycles. The average molecular weight is 367 g/mol. The van der Waals surface area contributed by atoms with Gasteiger partial charge >= 0.3 is 6.03 Å². The molecule has 1 aliphatic carbocycles. The first-order valence-corrected chi connectivity index (χ1v) is 9.84. The molecule has 2 fully saturated rings. The van der Waals surface area contributed by atoms with Gasteiger partial charge in [-0.1, -0.05) is 40.0 Å². The molecule has 7 heteroatoms. The van der Waals surface area contributed by atoms with E-state index in [4.69, 9.17) is 0 Å². The van der Waals surface area contributed by atoms with E-state index in [1.54, 1.807) is 9.80 Å². The molecule has 2 rings (SSSR count). The van der Waals surface area contributed by atoms with E-state index in [1.165, 1.54) is 19.3 Å². The molecule has 148 valence electrons. The molecule has 1 saturated heterocycles. The fraction of sp³-hybridized carbons (Fsp3) is 0.842. The number of carbonyl (C=O) groups is 3. The smallest absolute Gasteiger partial charge is 0.317 e. The quantitative estimate of drug-likeness (QED) is 0.795. The highest BCUT2D eigenvalue weighted by Crippen LogP contribution is 2.18. The summed E-state index contributed by atoms with van der Waals surface area (Å²) in [5.41, 5.74) is -0.0928. The third-order valence-corrected chi connectivity index (χ3v) is 4.98. The van der Waals surface area contributed by atoms with Gasteiger partial charge in [0, 0.05) is 38.6 Å². The first-order chi connectivity index (χ1) is 12.2. The Balaban J connectivity index is 1.67. The van der Waals surface area contributed by atoms with Crippen molar-refractivity contribution in [2.24, 2.45) is 5.41 Å². The number of piperazine rings is 1. The fourth-order valence-corrected chi connectivity index (χ4v) is 3.50. The normalized spacial score (nSPS) is 19.2. The molecule has 1 aliphatic heterocycles. The van der Waals surface area contributed by atoms with E-state index in [0.717, 1.165) is 12.8 Å². The van der Waals surface area contributed by atoms with Crippen molar-refractivity contribution >= 4 is 17.8 Å². The average Bonchev–Trinajstić information content (AvgIpc) is 2.59. The maximum atomic E-state index is 12.3. The summed E-state index contributed by atoms with van der Waals surface area (Å²) in [5, 5.41) is 5.82. The van der Waals surface area contributed by atoms with Crippen LogP contribution in [0.1, 0.15) is 59.3 Å². The molecule has 7 nitrogen and oxygen atoms in total. The lowest BCUT2D eigenvalue weighted by Crippen LogP contribution is -2.55. The Morgan fingerprint density at radius 3 is 2.08 bits per heavy atom. The van der Waals surface area contributed by atoms with Crippen LogP contribution in [0.4, 0.5) is 4.79 Å². The Labute approximate surface area is 156 Å². The van der Waals surface area contributed by atoms with Gasteiger partial charge in [-0.25, -0.2) is 4.79 Å². The fourth-order valence-electron chi connectivity index (χ4n) is 3.50. The van der Waals surface area contributed by atoms with Crippen LogP contribution < -0.4 is 10.6 Å². The summed E-state index contributed by atoms with van der Waals surface area (Å²) >= 11 is 0. The van der Waals surface area contributed by atoms with Gasteiger partial charge in [0.1, 0.15) is 0 Å². The highest BCUT2D eigenvalue weighted by atomic mass is 16.2. The molecular formula is C19H34N4O3. The lowest BCUT2D eigenvalue weighted by molar-refractivity contribution is -0.134. The third kappa shape index (κ3) is 6.84. The first kappa shape index (κ1) is 20.5. The monoisotopic (exact) mass is 366 g/mol. The van der Waals surface area contributed by atoms with Crippen molar-refractivity contribution in [2.75, 3.05) is 32.7 Å². The summed E-state index contributed by atoms with van der Waals surface area (Å²) in [6, 6.07) is 0.288. The van der Waals surface area contributed by atoms with Crippen molar-refractivity contribution < 1.29 is 14.4 Å². The lowest BCUT2D eigenvalue weighted by atomic mass is 9.92. The minimum absolute atomic E-state index is 0.0116. The SMILES string of the molecule is CC(C)(C)CC(=O)NCC(=O)N1CCN(C(=O)NC2CCCCC2)CC1. The molecule has 2 N–H and O–H groups in total. The van der Waals surface area contributed by atoms with Crippen LogP contribution in [0.5, 0.6) is 0 Å². The van der Waals surface area contributed by atoms with E-state index < -0.39 is 0 Å². The molecule has 0 radical (unpaired) electrons. The summed E-state index contributed by atoms with van der Waals surface area (Å²) < 4.78 is 0. The summed E-state index contributed by atoms with van der Waals surface area (Å²) in [7, 11) is 0. The molecule has 0 aromatic heterocycles. The Kier molecular flexibility index (Phi) is 7.29. The number of hydrogen-bond donors (Lipinski definition) is 2. The van der Waals surface area contributed by atoms with Gasteiger partial charge in [-0.3, -0.25) is 9.59 Å². The zero-order valence-electron chi connectivity index (χ0n) is 16.5. The molecule has 4 amide bonds. The second-order valence-electron chi connectivity index (χ2n) is 8.67. The minimum Gasteiger partial charge on any atom is -0.347 e. The van der Waals surface area contributed by atoms with Crippen LogP contribution in [0.15, 0.2) is 0 Å². The van der Waals surface area contributed by atoms with E-state index >= 15 is 0 Å². The van der Waals surface area contributed by atoms with Crippen molar-refractivity contribution in [3.05, 3.63) is 0 Å². The van der Waals surface area contributed by atoms with Crippen LogP contribution in [0.3, 0.4) is 0 Å². The molecular weight excluding hydrogens is 332 g/mol. The number of amides is 4. The van der Waals surface area contributed by atoms with E-state index in [1.807, 2.05) is 20.8 Å². The zero-order valence-corrected chi connectivity index (χ0v) is 16.5. The van der Waals surface area contributed by atoms with Crippen LogP contribution in [0.2, 0.25) is 0 Å². The largest absolute Gasteiger partial charge is 0.347 e. The van der Waals surface area contributed by atoms with Crippen LogP contribution in [-0.4, -0.2) is 66.4 Å². The van der Waals surface area contributed by atoms with E-state index in [-0.39, 0.29) is 29.8 Å². The molecule has 0 atom stereocenters. The van der Waals surface area contributed by atoms with Gasteiger partial charge in [0.2, 0.25) is 11.8 Å². The number of urea groups is 1. The summed E-state index contributed by atoms with van der Waals surface area (Å²) in [6.45, 7) is 8.13. The maximum Gasteiger partial charge on any atom is 0.317 e. The van der Waals surface area contributed by atoms with E-state index in [9.17, 15) is 14.4 Å². The molecule has 0 bridgehead atoms. The molecule has 0 spiro atoms. The van der Waals surface area contributed by atoms with Crippen molar-refractivity contribution in [1.29, 1.82) is 0 Å². The van der Waals surface area contributed by atoms with Gasteiger partial charge in [-0.2, -0.15) is 0 Å². The van der Waals surface area contributed by atoms with Crippen LogP contribution >= 0.6 is 0 Å². The molecule has 0 aromatic rings. The predicted molar refractivity (Wildman–Crippen MR) is 101 cm³/mol. The Morgan fingerprint density at radius 1 is 0.923 bits per heavy atom. The first-order valence-electron chi connectivity index (χ1n) is 9.84. The molecule has 1 saturated carbocycles. The summed E-state index contributed by atoms with van der Waals surface area (Å²) in [6.07, 6.45) is 6.17. The van der Waals surface area contributed by atoms with E-state index in [0.29, 0.717) is 38.6 Å². The predicted octanol–water partition coefficient (Wildman–Crippen LogP) is 1.73. The van der Waals surface area contributed by atoms with Crippen LogP contribution in [0, 0.1) is 5.41 Å². The van der Waals surface area contributed by atoms with Gasteiger partial charge in [0.05, 0.1) is 6.54 Å². The Morgan fingerprint density at radius 2 is 1.50 bits per heavy atom. The number of hydrogen-bond acceptors (Lipinski definition) is 3. The van der Waals surface area contributed by atoms with Gasteiger partial charge in [0.15, 0.2) is 0 Å². The van der Waals surface area contributed by atoms with Crippen molar-refractivity contribution in [3.8, 4) is 0 Å². The topological polar surface area (TPSA) is 81.8 Å². The molecule has 2 aliphatic rings. The van der Waals surface area contributed by atoms with Gasteiger partial charge < -0.3 is 20.4 Å². The molecule has 0 aromatic carbocycles. The molecule has 0 unspecified atom stereocenters. The number of nitrogens with one attached hydrogen (secondary N) is 2. The molecule has 26 heavy (non-hydrogen) atoms. The highest BCUT2D eigenvalue weighted by Gasteiger charge is 2.26. The summed E-state index contributed by atoms with van der Waals surface area (Å²) in [5.74, 6) is -0.184. The Bertz CT molecular complexity index is 501. The van der Waals surface area contributed by atoms with Gasteiger partial charge in [-0.15, -0.1) is 0 Å². The lowest BCUT2D eigenvalue weighted by Gasteiger charge is -2.36. The second kappa shape index (κ2) is 9.24. The maximum absolute atomic E-state index is 12.3. The van der Waals surface area contributed by atoms with Gasteiger partial charge in [-0.05, 0) is 18.3 Å². The van der Waals surface area contributed by atoms with Crippen LogP contribution in [0.25, 0.3) is 0 Å². The van der Waals surface area contributed by atoms with Gasteiger partial charge in [0.25, 0.3) is 0 Å². The standard InChI is InChI=1S/C19H34N4O3/c1-19(2,3)13-16(24)20-14-17(25)22-9-11-23(12-10-22)18(26)21-15-7-5-4-6-8-15/h15H,4-14H2,1-3H3,(H,20,24)(H,21,26). The summed E-state index contributed by atoms with van der Waals surface area (Å²) in [4.78, 5) is 39.9. The Hall–Kier alpha value is -1.79. The highest BCUT2D eigenvalue weighted by molar-refractivity contribution is 5.85. The van der Waals surface area contributed by atoms with Crippen molar-refractivity contribution in [2.45, 2.75) is 65.3 Å².